The first-order valence-corrected chi connectivity index (χ1v) is 12.2. The van der Waals surface area contributed by atoms with Gasteiger partial charge in [-0.25, -0.2) is 4.98 Å². The summed E-state index contributed by atoms with van der Waals surface area (Å²) < 4.78 is 7.99. The number of benzene rings is 2. The number of hydrogen-bond acceptors (Lipinski definition) is 6. The minimum atomic E-state index is 0.564. The monoisotopic (exact) mass is 445 g/mol. The second-order valence-electron chi connectivity index (χ2n) is 7.79. The van der Waals surface area contributed by atoms with Crippen molar-refractivity contribution in [3.05, 3.63) is 73.1 Å². The van der Waals surface area contributed by atoms with Crippen LogP contribution in [0, 0.1) is 0 Å². The second-order valence-corrected chi connectivity index (χ2v) is 9.01. The van der Waals surface area contributed by atoms with Gasteiger partial charge < -0.3 is 19.5 Å². The van der Waals surface area contributed by atoms with Gasteiger partial charge in [0.2, 0.25) is 5.95 Å². The van der Waals surface area contributed by atoms with Crippen LogP contribution in [-0.4, -0.2) is 57.2 Å². The molecule has 4 aromatic rings. The molecule has 0 atom stereocenters. The molecular weight excluding hydrogens is 418 g/mol. The molecule has 0 aliphatic carbocycles. The predicted octanol–water partition coefficient (Wildman–Crippen LogP) is 4.98. The average Bonchev–Trinajstić information content (AvgIpc) is 3.28. The van der Waals surface area contributed by atoms with Crippen molar-refractivity contribution in [1.29, 1.82) is 0 Å². The number of hydrogen-bond donors (Lipinski definition) is 1. The van der Waals surface area contributed by atoms with Gasteiger partial charge in [0.1, 0.15) is 11.6 Å². The molecule has 32 heavy (non-hydrogen) atoms. The van der Waals surface area contributed by atoms with Crippen molar-refractivity contribution >= 4 is 34.3 Å². The third-order valence-electron chi connectivity index (χ3n) is 5.59. The first-order chi connectivity index (χ1) is 15.8. The van der Waals surface area contributed by atoms with Crippen LogP contribution in [0.15, 0.2) is 73.1 Å². The highest BCUT2D eigenvalue weighted by Crippen LogP contribution is 2.21. The Morgan fingerprint density at radius 2 is 1.81 bits per heavy atom. The quantitative estimate of drug-likeness (QED) is 0.386. The summed E-state index contributed by atoms with van der Waals surface area (Å²) in [6, 6.07) is 20.3. The van der Waals surface area contributed by atoms with Crippen LogP contribution in [0.25, 0.3) is 16.7 Å². The zero-order valence-electron chi connectivity index (χ0n) is 18.0. The molecule has 0 radical (unpaired) electrons. The molecular formula is C25H27N5OS. The molecule has 0 unspecified atom stereocenters. The highest BCUT2D eigenvalue weighted by Gasteiger charge is 2.09. The van der Waals surface area contributed by atoms with Crippen molar-refractivity contribution in [2.75, 3.05) is 43.1 Å². The molecule has 1 N–H and O–H groups in total. The van der Waals surface area contributed by atoms with E-state index < -0.39 is 0 Å². The lowest BCUT2D eigenvalue weighted by atomic mass is 10.2. The van der Waals surface area contributed by atoms with Crippen LogP contribution < -0.4 is 10.1 Å². The summed E-state index contributed by atoms with van der Waals surface area (Å²) in [4.78, 5) is 11.6. The van der Waals surface area contributed by atoms with Crippen LogP contribution in [0.4, 0.5) is 11.6 Å². The number of rotatable bonds is 8. The summed E-state index contributed by atoms with van der Waals surface area (Å²) in [7, 11) is 0. The minimum Gasteiger partial charge on any atom is -0.494 e. The lowest BCUT2D eigenvalue weighted by Gasteiger charge is -2.25. The van der Waals surface area contributed by atoms with E-state index in [0.717, 1.165) is 42.3 Å². The van der Waals surface area contributed by atoms with Crippen LogP contribution in [0.5, 0.6) is 5.75 Å². The van der Waals surface area contributed by atoms with E-state index in [2.05, 4.69) is 38.0 Å². The SMILES string of the molecule is c1ccc2c(c1)ccn2-c1ccnc(Nc2ccc(OCCCN3CCSCC3)cc2)n1. The molecule has 2 aromatic heterocycles. The number of nitrogens with one attached hydrogen (secondary N) is 1. The number of para-hydroxylation sites is 1. The van der Waals surface area contributed by atoms with E-state index in [1.807, 2.05) is 60.4 Å². The standard InChI is InChI=1S/C25H27N5OS/c1-2-5-23-20(4-1)11-14-30(23)24-10-12-26-25(28-24)27-21-6-8-22(9-7-21)31-17-3-13-29-15-18-32-19-16-29/h1-2,4-12,14H,3,13,15-19H2,(H,26,27,28). The number of ether oxygens (including phenoxy) is 1. The number of thioether (sulfide) groups is 1. The van der Waals surface area contributed by atoms with Gasteiger partial charge in [-0.3, -0.25) is 0 Å². The third-order valence-corrected chi connectivity index (χ3v) is 6.53. The summed E-state index contributed by atoms with van der Waals surface area (Å²) in [6.45, 7) is 4.26. The smallest absolute Gasteiger partial charge is 0.229 e. The van der Waals surface area contributed by atoms with Crippen molar-refractivity contribution in [3.8, 4) is 11.6 Å². The van der Waals surface area contributed by atoms with Gasteiger partial charge in [0.25, 0.3) is 0 Å². The predicted molar refractivity (Wildman–Crippen MR) is 132 cm³/mol. The van der Waals surface area contributed by atoms with E-state index in [4.69, 9.17) is 9.72 Å². The zero-order chi connectivity index (χ0) is 21.6. The molecule has 1 aliphatic heterocycles. The van der Waals surface area contributed by atoms with Crippen LogP contribution in [-0.2, 0) is 0 Å². The van der Waals surface area contributed by atoms with Crippen molar-refractivity contribution in [2.24, 2.45) is 0 Å². The van der Waals surface area contributed by atoms with Crippen LogP contribution in [0.1, 0.15) is 6.42 Å². The Labute approximate surface area is 192 Å². The summed E-state index contributed by atoms with van der Waals surface area (Å²) in [5.41, 5.74) is 2.05. The van der Waals surface area contributed by atoms with E-state index in [9.17, 15) is 0 Å². The van der Waals surface area contributed by atoms with E-state index in [1.165, 1.54) is 30.0 Å². The van der Waals surface area contributed by atoms with Crippen molar-refractivity contribution in [3.63, 3.8) is 0 Å². The molecule has 7 heteroatoms. The van der Waals surface area contributed by atoms with E-state index >= 15 is 0 Å². The first-order valence-electron chi connectivity index (χ1n) is 11.0. The third kappa shape index (κ3) is 5.06. The molecule has 2 aromatic carbocycles. The molecule has 6 nitrogen and oxygen atoms in total. The van der Waals surface area contributed by atoms with Crippen LogP contribution in [0.3, 0.4) is 0 Å². The highest BCUT2D eigenvalue weighted by atomic mass is 32.2. The largest absolute Gasteiger partial charge is 0.494 e. The van der Waals surface area contributed by atoms with E-state index in [1.54, 1.807) is 6.20 Å². The summed E-state index contributed by atoms with van der Waals surface area (Å²) in [5, 5.41) is 4.48. The minimum absolute atomic E-state index is 0.564. The first kappa shape index (κ1) is 20.8. The Balaban J connectivity index is 1.17. The van der Waals surface area contributed by atoms with E-state index in [-0.39, 0.29) is 0 Å². The van der Waals surface area contributed by atoms with Gasteiger partial charge in [-0.05, 0) is 54.3 Å². The fourth-order valence-electron chi connectivity index (χ4n) is 3.89. The summed E-state index contributed by atoms with van der Waals surface area (Å²) in [6.07, 6.45) is 4.87. The lowest BCUT2D eigenvalue weighted by Crippen LogP contribution is -2.33. The van der Waals surface area contributed by atoms with Crippen LogP contribution in [0.2, 0.25) is 0 Å². The molecule has 1 fully saturated rings. The van der Waals surface area contributed by atoms with Gasteiger partial charge in [0, 0.05) is 49.2 Å². The van der Waals surface area contributed by atoms with Gasteiger partial charge in [-0.15, -0.1) is 0 Å². The summed E-state index contributed by atoms with van der Waals surface area (Å²) >= 11 is 2.05. The number of fused-ring (bicyclic) bond motifs is 1. The van der Waals surface area contributed by atoms with E-state index in [0.29, 0.717) is 5.95 Å². The average molecular weight is 446 g/mol. The zero-order valence-corrected chi connectivity index (χ0v) is 18.8. The molecule has 1 saturated heterocycles. The topological polar surface area (TPSA) is 55.2 Å². The second kappa shape index (κ2) is 10.1. The Hall–Kier alpha value is -3.03. The molecule has 0 bridgehead atoms. The molecule has 5 rings (SSSR count). The van der Waals surface area contributed by atoms with Gasteiger partial charge >= 0.3 is 0 Å². The summed E-state index contributed by atoms with van der Waals surface area (Å²) in [5.74, 6) is 4.79. The Kier molecular flexibility index (Phi) is 6.55. The number of aromatic nitrogens is 3. The molecule has 0 saturated carbocycles. The Morgan fingerprint density at radius 3 is 2.69 bits per heavy atom. The van der Waals surface area contributed by atoms with Gasteiger partial charge in [0.05, 0.1) is 12.1 Å². The van der Waals surface area contributed by atoms with Gasteiger partial charge in [-0.2, -0.15) is 16.7 Å². The van der Waals surface area contributed by atoms with Crippen molar-refractivity contribution in [2.45, 2.75) is 6.42 Å². The maximum absolute atomic E-state index is 5.92. The van der Waals surface area contributed by atoms with Crippen molar-refractivity contribution < 1.29 is 4.74 Å². The molecule has 164 valence electrons. The lowest BCUT2D eigenvalue weighted by molar-refractivity contribution is 0.248. The molecule has 0 amide bonds. The number of nitrogens with zero attached hydrogens (tertiary/aromatic N) is 4. The maximum atomic E-state index is 5.92. The normalized spacial score (nSPS) is 14.5. The van der Waals surface area contributed by atoms with Gasteiger partial charge in [0.15, 0.2) is 0 Å². The Bertz CT molecular complexity index is 1150. The fourth-order valence-corrected chi connectivity index (χ4v) is 4.87. The maximum Gasteiger partial charge on any atom is 0.229 e. The molecule has 3 heterocycles. The van der Waals surface area contributed by atoms with Crippen LogP contribution >= 0.6 is 11.8 Å². The van der Waals surface area contributed by atoms with Gasteiger partial charge in [-0.1, -0.05) is 18.2 Å². The molecule has 1 aliphatic rings. The molecule has 0 spiro atoms. The van der Waals surface area contributed by atoms with Crippen molar-refractivity contribution in [1.82, 2.24) is 19.4 Å². The Morgan fingerprint density at radius 1 is 0.969 bits per heavy atom. The number of anilines is 2. The highest BCUT2D eigenvalue weighted by molar-refractivity contribution is 7.99. The fraction of sp³-hybridized carbons (Fsp3) is 0.280.